The fourth-order valence-electron chi connectivity index (χ4n) is 3.36. The van der Waals surface area contributed by atoms with Crippen LogP contribution in [0.1, 0.15) is 24.3 Å². The van der Waals surface area contributed by atoms with Crippen molar-refractivity contribution in [1.29, 1.82) is 0 Å². The van der Waals surface area contributed by atoms with E-state index in [4.69, 9.17) is 9.47 Å². The normalized spacial score (nSPS) is 18.5. The van der Waals surface area contributed by atoms with Gasteiger partial charge < -0.3 is 14.2 Å². The van der Waals surface area contributed by atoms with Gasteiger partial charge in [0.15, 0.2) is 23.7 Å². The number of halogens is 8. The van der Waals surface area contributed by atoms with E-state index in [2.05, 4.69) is 9.72 Å². The first-order valence-electron chi connectivity index (χ1n) is 10.1. The van der Waals surface area contributed by atoms with Gasteiger partial charge in [-0.3, -0.25) is 4.98 Å². The molecular formula is C23H15F8NO3. The number of nitrogens with zero attached hydrogens (tertiary/aromatic N) is 1. The molecule has 1 aliphatic rings. The monoisotopic (exact) mass is 505 g/mol. The van der Waals surface area contributed by atoms with Gasteiger partial charge in [-0.05, 0) is 18.2 Å². The lowest BCUT2D eigenvalue weighted by atomic mass is 10.0. The lowest BCUT2D eigenvalue weighted by Gasteiger charge is -2.27. The number of rotatable bonds is 5. The Kier molecular flexibility index (Phi) is 6.69. The minimum Gasteiger partial charge on any atom is -0.429 e. The van der Waals surface area contributed by atoms with Crippen molar-refractivity contribution in [2.75, 3.05) is 13.2 Å². The van der Waals surface area contributed by atoms with Gasteiger partial charge in [0.25, 0.3) is 0 Å². The second-order valence-corrected chi connectivity index (χ2v) is 7.84. The molecule has 2 aromatic carbocycles. The average molecular weight is 505 g/mol. The summed E-state index contributed by atoms with van der Waals surface area (Å²) in [5.74, 6) is -11.5. The standard InChI is InChI=1S/C23H15F8NO3/c1-10-8-33-22(34-9-10)12-4-18(28)21(32-7-12)11-2-14(24)19(15(25)3-11)23(30,31)35-13-5-16(26)20(29)17(27)6-13/h2-7,10,22H,8-9H2,1H3. The first-order valence-corrected chi connectivity index (χ1v) is 10.1. The van der Waals surface area contributed by atoms with Crippen LogP contribution in [0.25, 0.3) is 11.3 Å². The zero-order valence-corrected chi connectivity index (χ0v) is 17.7. The molecule has 4 rings (SSSR count). The molecule has 3 aromatic rings. The summed E-state index contributed by atoms with van der Waals surface area (Å²) < 4.78 is 127. The zero-order valence-electron chi connectivity index (χ0n) is 17.7. The molecule has 2 heterocycles. The fraction of sp³-hybridized carbons (Fsp3) is 0.261. The Bertz CT molecular complexity index is 1220. The summed E-state index contributed by atoms with van der Waals surface area (Å²) in [7, 11) is 0. The second-order valence-electron chi connectivity index (χ2n) is 7.84. The Hall–Kier alpha value is -3.25. The van der Waals surface area contributed by atoms with Gasteiger partial charge in [0.2, 0.25) is 0 Å². The summed E-state index contributed by atoms with van der Waals surface area (Å²) in [6.07, 6.45) is -4.51. The van der Waals surface area contributed by atoms with E-state index in [1.54, 1.807) is 0 Å². The molecule has 0 saturated carbocycles. The van der Waals surface area contributed by atoms with Crippen molar-refractivity contribution in [2.24, 2.45) is 5.92 Å². The van der Waals surface area contributed by atoms with E-state index in [-0.39, 0.29) is 23.6 Å². The molecule has 4 nitrogen and oxygen atoms in total. The molecule has 1 aromatic heterocycles. The predicted molar refractivity (Wildman–Crippen MR) is 104 cm³/mol. The number of hydrogen-bond donors (Lipinski definition) is 0. The molecule has 0 N–H and O–H groups in total. The molecule has 0 radical (unpaired) electrons. The van der Waals surface area contributed by atoms with Gasteiger partial charge in [-0.25, -0.2) is 26.3 Å². The van der Waals surface area contributed by atoms with E-state index < -0.39 is 69.9 Å². The van der Waals surface area contributed by atoms with Crippen LogP contribution >= 0.6 is 0 Å². The van der Waals surface area contributed by atoms with Crippen molar-refractivity contribution < 1.29 is 49.3 Å². The third-order valence-corrected chi connectivity index (χ3v) is 5.01. The Morgan fingerprint density at radius 3 is 1.94 bits per heavy atom. The minimum absolute atomic E-state index is 0.0811. The molecule has 0 unspecified atom stereocenters. The summed E-state index contributed by atoms with van der Waals surface area (Å²) in [6, 6.07) is 1.92. The van der Waals surface area contributed by atoms with Crippen LogP contribution in [0.2, 0.25) is 0 Å². The van der Waals surface area contributed by atoms with Crippen LogP contribution in [0.15, 0.2) is 36.5 Å². The third-order valence-electron chi connectivity index (χ3n) is 5.01. The SMILES string of the molecule is CC1COC(c2cnc(-c3cc(F)c(C(F)(F)Oc4cc(F)c(F)c(F)c4)c(F)c3)c(F)c2)OC1. The smallest absolute Gasteiger partial charge is 0.429 e. The molecule has 0 spiro atoms. The molecule has 0 bridgehead atoms. The highest BCUT2D eigenvalue weighted by molar-refractivity contribution is 5.61. The number of alkyl halides is 2. The number of benzene rings is 2. The van der Waals surface area contributed by atoms with E-state index >= 15 is 0 Å². The topological polar surface area (TPSA) is 40.6 Å². The maximum atomic E-state index is 14.7. The highest BCUT2D eigenvalue weighted by Gasteiger charge is 2.41. The molecule has 0 atom stereocenters. The van der Waals surface area contributed by atoms with Gasteiger partial charge in [0, 0.05) is 35.4 Å². The first kappa shape index (κ1) is 24.9. The molecule has 1 fully saturated rings. The lowest BCUT2D eigenvalue weighted by Crippen LogP contribution is -2.25. The summed E-state index contributed by atoms with van der Waals surface area (Å²) >= 11 is 0. The van der Waals surface area contributed by atoms with E-state index in [0.717, 1.165) is 12.3 Å². The number of hydrogen-bond acceptors (Lipinski definition) is 4. The zero-order chi connectivity index (χ0) is 25.5. The highest BCUT2D eigenvalue weighted by atomic mass is 19.3. The van der Waals surface area contributed by atoms with Crippen LogP contribution in [0.3, 0.4) is 0 Å². The number of ether oxygens (including phenoxy) is 3. The van der Waals surface area contributed by atoms with Crippen molar-refractivity contribution >= 4 is 0 Å². The molecule has 1 saturated heterocycles. The van der Waals surface area contributed by atoms with Crippen LogP contribution in [0.4, 0.5) is 35.1 Å². The maximum Gasteiger partial charge on any atom is 0.432 e. The lowest BCUT2D eigenvalue weighted by molar-refractivity contribution is -0.202. The Morgan fingerprint density at radius 2 is 1.40 bits per heavy atom. The Balaban J connectivity index is 1.62. The minimum atomic E-state index is -4.77. The predicted octanol–water partition coefficient (Wildman–Crippen LogP) is 6.39. The van der Waals surface area contributed by atoms with E-state index in [9.17, 15) is 35.1 Å². The van der Waals surface area contributed by atoms with E-state index in [0.29, 0.717) is 25.3 Å². The summed E-state index contributed by atoms with van der Waals surface area (Å²) in [5.41, 5.74) is -2.77. The van der Waals surface area contributed by atoms with Gasteiger partial charge in [-0.2, -0.15) is 8.78 Å². The molecule has 0 aliphatic carbocycles. The largest absolute Gasteiger partial charge is 0.432 e. The molecule has 12 heteroatoms. The van der Waals surface area contributed by atoms with Gasteiger partial charge in [-0.15, -0.1) is 0 Å². The van der Waals surface area contributed by atoms with Crippen LogP contribution in [0.5, 0.6) is 5.75 Å². The molecule has 0 amide bonds. The summed E-state index contributed by atoms with van der Waals surface area (Å²) in [5, 5.41) is 0. The van der Waals surface area contributed by atoms with Gasteiger partial charge >= 0.3 is 6.11 Å². The third kappa shape index (κ3) is 5.08. The fourth-order valence-corrected chi connectivity index (χ4v) is 3.36. The van der Waals surface area contributed by atoms with Crippen LogP contribution in [-0.4, -0.2) is 18.2 Å². The Morgan fingerprint density at radius 1 is 0.829 bits per heavy atom. The highest BCUT2D eigenvalue weighted by Crippen LogP contribution is 2.38. The van der Waals surface area contributed by atoms with Crippen molar-refractivity contribution in [3.8, 4) is 17.0 Å². The van der Waals surface area contributed by atoms with Crippen molar-refractivity contribution in [1.82, 2.24) is 4.98 Å². The van der Waals surface area contributed by atoms with Gasteiger partial charge in [0.05, 0.1) is 13.2 Å². The van der Waals surface area contributed by atoms with E-state index in [1.165, 1.54) is 0 Å². The van der Waals surface area contributed by atoms with Crippen LogP contribution < -0.4 is 4.74 Å². The quantitative estimate of drug-likeness (QED) is 0.298. The maximum absolute atomic E-state index is 14.7. The molecule has 35 heavy (non-hydrogen) atoms. The number of aromatic nitrogens is 1. The molecule has 186 valence electrons. The average Bonchev–Trinajstić information content (AvgIpc) is 2.76. The molecular weight excluding hydrogens is 490 g/mol. The van der Waals surface area contributed by atoms with Crippen molar-refractivity contribution in [2.45, 2.75) is 19.3 Å². The summed E-state index contributed by atoms with van der Waals surface area (Å²) in [4.78, 5) is 3.81. The van der Waals surface area contributed by atoms with Crippen LogP contribution in [-0.2, 0) is 15.6 Å². The first-order chi connectivity index (χ1) is 16.5. The van der Waals surface area contributed by atoms with Crippen molar-refractivity contribution in [3.63, 3.8) is 0 Å². The Labute approximate surface area is 193 Å². The van der Waals surface area contributed by atoms with Crippen LogP contribution in [0, 0.1) is 40.8 Å². The summed E-state index contributed by atoms with van der Waals surface area (Å²) in [6.45, 7) is 2.61. The van der Waals surface area contributed by atoms with Gasteiger partial charge in [-0.1, -0.05) is 6.92 Å². The van der Waals surface area contributed by atoms with Crippen molar-refractivity contribution in [3.05, 3.63) is 82.6 Å². The van der Waals surface area contributed by atoms with E-state index in [1.807, 2.05) is 6.92 Å². The number of pyridine rings is 1. The molecule has 1 aliphatic heterocycles. The van der Waals surface area contributed by atoms with Gasteiger partial charge in [0.1, 0.15) is 34.5 Å². The second kappa shape index (κ2) is 9.42.